The molecule has 0 radical (unpaired) electrons. The maximum Gasteiger partial charge on any atom is 0.355 e. The Hall–Kier alpha value is -3.20. The number of hydrogen-bond acceptors (Lipinski definition) is 7. The van der Waals surface area contributed by atoms with Crippen molar-refractivity contribution < 1.29 is 23.9 Å². The molecule has 29 heavy (non-hydrogen) atoms. The Kier molecular flexibility index (Phi) is 4.83. The number of imide groups is 1. The quantitative estimate of drug-likeness (QED) is 0.517. The number of hydrogen-bond donors (Lipinski definition) is 0. The highest BCUT2D eigenvalue weighted by Gasteiger charge is 2.59. The number of halogens is 1. The molecule has 4 rings (SSSR count). The number of carbonyl (C=O) groups excluding carboxylic acids is 3. The topological polar surface area (TPSA) is 88.5 Å². The zero-order valence-electron chi connectivity index (χ0n) is 15.5. The molecule has 0 aliphatic carbocycles. The van der Waals surface area contributed by atoms with Crippen LogP contribution < -0.4 is 14.6 Å². The lowest BCUT2D eigenvalue weighted by Gasteiger charge is -2.22. The highest BCUT2D eigenvalue weighted by molar-refractivity contribution is 9.10. The predicted molar refractivity (Wildman–Crippen MR) is 109 cm³/mol. The summed E-state index contributed by atoms with van der Waals surface area (Å²) < 4.78 is 10.8. The van der Waals surface area contributed by atoms with Crippen LogP contribution in [-0.4, -0.2) is 43.8 Å². The molecule has 2 heterocycles. The molecular formula is C20H16BrN3O5. The van der Waals surface area contributed by atoms with Crippen LogP contribution in [0.2, 0.25) is 0 Å². The van der Waals surface area contributed by atoms with Gasteiger partial charge in [-0.25, -0.2) is 9.69 Å². The van der Waals surface area contributed by atoms with Crippen molar-refractivity contribution in [3.8, 4) is 5.75 Å². The Labute approximate surface area is 174 Å². The van der Waals surface area contributed by atoms with Gasteiger partial charge in [-0.15, -0.1) is 0 Å². The summed E-state index contributed by atoms with van der Waals surface area (Å²) in [5.74, 6) is -2.12. The molecule has 0 bridgehead atoms. The maximum absolute atomic E-state index is 13.2. The molecule has 0 aromatic heterocycles. The van der Waals surface area contributed by atoms with Gasteiger partial charge in [0.1, 0.15) is 17.7 Å². The third-order valence-electron chi connectivity index (χ3n) is 4.87. The van der Waals surface area contributed by atoms with Crippen LogP contribution in [0.15, 0.2) is 58.1 Å². The van der Waals surface area contributed by atoms with E-state index in [0.29, 0.717) is 17.1 Å². The molecule has 148 valence electrons. The zero-order valence-corrected chi connectivity index (χ0v) is 17.1. The molecule has 0 saturated carbocycles. The van der Waals surface area contributed by atoms with E-state index in [1.807, 2.05) is 0 Å². The third kappa shape index (κ3) is 3.07. The first-order valence-corrected chi connectivity index (χ1v) is 9.49. The molecule has 2 aliphatic heterocycles. The number of fused-ring (bicyclic) bond motifs is 1. The average molecular weight is 458 g/mol. The van der Waals surface area contributed by atoms with Gasteiger partial charge in [-0.2, -0.15) is 5.10 Å². The minimum Gasteiger partial charge on any atom is -0.497 e. The number of rotatable bonds is 4. The predicted octanol–water partition coefficient (Wildman–Crippen LogP) is 2.36. The van der Waals surface area contributed by atoms with E-state index < -0.39 is 29.7 Å². The molecule has 2 amide bonds. The van der Waals surface area contributed by atoms with E-state index in [1.165, 1.54) is 12.1 Å². The first kappa shape index (κ1) is 19.1. The van der Waals surface area contributed by atoms with Gasteiger partial charge in [-0.3, -0.25) is 14.6 Å². The van der Waals surface area contributed by atoms with Crippen molar-refractivity contribution in [2.24, 2.45) is 11.0 Å². The molecule has 8 nitrogen and oxygen atoms in total. The van der Waals surface area contributed by atoms with Gasteiger partial charge in [-0.1, -0.05) is 15.9 Å². The summed E-state index contributed by atoms with van der Waals surface area (Å²) in [6.45, 7) is 0. The molecular weight excluding hydrogens is 442 g/mol. The third-order valence-corrected chi connectivity index (χ3v) is 5.39. The lowest BCUT2D eigenvalue weighted by atomic mass is 9.98. The molecule has 0 spiro atoms. The summed E-state index contributed by atoms with van der Waals surface area (Å²) in [4.78, 5) is 39.8. The van der Waals surface area contributed by atoms with Crippen molar-refractivity contribution in [3.63, 3.8) is 0 Å². The van der Waals surface area contributed by atoms with Gasteiger partial charge in [0, 0.05) is 4.47 Å². The molecule has 2 aliphatic rings. The number of benzene rings is 2. The van der Waals surface area contributed by atoms with Crippen molar-refractivity contribution in [2.75, 3.05) is 24.1 Å². The van der Waals surface area contributed by atoms with E-state index in [4.69, 9.17) is 9.47 Å². The van der Waals surface area contributed by atoms with E-state index in [2.05, 4.69) is 21.0 Å². The summed E-state index contributed by atoms with van der Waals surface area (Å²) >= 11 is 3.34. The molecule has 1 saturated heterocycles. The maximum atomic E-state index is 13.2. The van der Waals surface area contributed by atoms with Crippen molar-refractivity contribution in [1.29, 1.82) is 0 Å². The fraction of sp³-hybridized carbons (Fsp3) is 0.200. The molecule has 0 unspecified atom stereocenters. The second-order valence-corrected chi connectivity index (χ2v) is 7.35. The minimum absolute atomic E-state index is 0.0914. The van der Waals surface area contributed by atoms with E-state index in [9.17, 15) is 14.4 Å². The zero-order chi connectivity index (χ0) is 20.7. The van der Waals surface area contributed by atoms with E-state index in [-0.39, 0.29) is 5.71 Å². The summed E-state index contributed by atoms with van der Waals surface area (Å²) in [5, 5.41) is 5.67. The second-order valence-electron chi connectivity index (χ2n) is 6.43. The van der Waals surface area contributed by atoms with Crippen LogP contribution in [0.1, 0.15) is 0 Å². The van der Waals surface area contributed by atoms with Crippen LogP contribution in [0.5, 0.6) is 5.75 Å². The Morgan fingerprint density at radius 1 is 0.966 bits per heavy atom. The van der Waals surface area contributed by atoms with Gasteiger partial charge in [0.05, 0.1) is 25.6 Å². The number of anilines is 2. The highest BCUT2D eigenvalue weighted by Crippen LogP contribution is 2.38. The lowest BCUT2D eigenvalue weighted by molar-refractivity contribution is -0.133. The van der Waals surface area contributed by atoms with Gasteiger partial charge in [-0.05, 0) is 48.5 Å². The summed E-state index contributed by atoms with van der Waals surface area (Å²) in [6, 6.07) is 12.7. The van der Waals surface area contributed by atoms with Gasteiger partial charge < -0.3 is 9.47 Å². The van der Waals surface area contributed by atoms with Crippen LogP contribution >= 0.6 is 15.9 Å². The SMILES string of the molecule is COC(=O)C1=NN(c2ccc(OC)cc2)[C@H]2C(=O)N(c3ccc(Br)cc3)C(=O)[C@@H]12. The average Bonchev–Trinajstić information content (AvgIpc) is 3.25. The fourth-order valence-electron chi connectivity index (χ4n) is 3.48. The van der Waals surface area contributed by atoms with Crippen LogP contribution in [0.4, 0.5) is 11.4 Å². The molecule has 2 atom stereocenters. The molecule has 2 aromatic carbocycles. The van der Waals surface area contributed by atoms with Crippen molar-refractivity contribution >= 4 is 50.8 Å². The fourth-order valence-corrected chi connectivity index (χ4v) is 3.74. The number of methoxy groups -OCH3 is 2. The van der Waals surface area contributed by atoms with E-state index >= 15 is 0 Å². The monoisotopic (exact) mass is 457 g/mol. The Balaban J connectivity index is 1.77. The standard InChI is InChI=1S/C20H16BrN3O5/c1-28-14-9-7-13(8-10-14)24-17-15(16(22-24)20(27)29-2)18(25)23(19(17)26)12-5-3-11(21)4-6-12/h3-10,15,17H,1-2H3/t15-,17+/m0/s1. The number of carbonyl (C=O) groups is 3. The summed E-state index contributed by atoms with van der Waals surface area (Å²) in [6.07, 6.45) is 0. The largest absolute Gasteiger partial charge is 0.497 e. The van der Waals surface area contributed by atoms with Crippen molar-refractivity contribution in [3.05, 3.63) is 53.0 Å². The number of nitrogens with zero attached hydrogens (tertiary/aromatic N) is 3. The Bertz CT molecular complexity index is 1020. The van der Waals surface area contributed by atoms with Gasteiger partial charge in [0.15, 0.2) is 5.71 Å². The smallest absolute Gasteiger partial charge is 0.355 e. The number of amides is 2. The van der Waals surface area contributed by atoms with Gasteiger partial charge in [0.2, 0.25) is 5.91 Å². The first-order valence-electron chi connectivity index (χ1n) is 8.69. The first-order chi connectivity index (χ1) is 14.0. The van der Waals surface area contributed by atoms with Crippen LogP contribution in [0.25, 0.3) is 0 Å². The molecule has 9 heteroatoms. The van der Waals surface area contributed by atoms with Crippen LogP contribution in [0.3, 0.4) is 0 Å². The van der Waals surface area contributed by atoms with E-state index in [0.717, 1.165) is 9.37 Å². The Morgan fingerprint density at radius 2 is 1.59 bits per heavy atom. The minimum atomic E-state index is -1.04. The number of esters is 1. The normalized spacial score (nSPS) is 20.6. The van der Waals surface area contributed by atoms with E-state index in [1.54, 1.807) is 55.6 Å². The second kappa shape index (κ2) is 7.32. The number of ether oxygens (including phenoxy) is 2. The molecule has 2 aromatic rings. The van der Waals surface area contributed by atoms with Crippen molar-refractivity contribution in [1.82, 2.24) is 0 Å². The summed E-state index contributed by atoms with van der Waals surface area (Å²) in [7, 11) is 2.76. The van der Waals surface area contributed by atoms with Gasteiger partial charge >= 0.3 is 5.97 Å². The van der Waals surface area contributed by atoms with Crippen molar-refractivity contribution in [2.45, 2.75) is 6.04 Å². The van der Waals surface area contributed by atoms with Crippen LogP contribution in [0, 0.1) is 5.92 Å². The molecule has 0 N–H and O–H groups in total. The highest BCUT2D eigenvalue weighted by atomic mass is 79.9. The Morgan fingerprint density at radius 3 is 2.17 bits per heavy atom. The molecule has 1 fully saturated rings. The summed E-state index contributed by atoms with van der Waals surface area (Å²) in [5.41, 5.74) is 0.890. The number of hydrazone groups is 1. The van der Waals surface area contributed by atoms with Gasteiger partial charge in [0.25, 0.3) is 5.91 Å². The van der Waals surface area contributed by atoms with Crippen LogP contribution in [-0.2, 0) is 19.1 Å². The lowest BCUT2D eigenvalue weighted by Crippen LogP contribution is -2.39.